The standard InChI is InChI=1S/C9H12N2O4S/c1-15-9(12)8(10)6-3-2-4-7(5-6)16(11,13)14/h2-5,8H,10H2,1H3,(H2,11,13,14). The Hall–Kier alpha value is -1.44. The Morgan fingerprint density at radius 2 is 2.06 bits per heavy atom. The first-order valence-electron chi connectivity index (χ1n) is 4.32. The third kappa shape index (κ3) is 2.78. The molecule has 7 heteroatoms. The second kappa shape index (κ2) is 4.60. The van der Waals surface area contributed by atoms with E-state index in [2.05, 4.69) is 4.74 Å². The highest BCUT2D eigenvalue weighted by Crippen LogP contribution is 2.16. The van der Waals surface area contributed by atoms with Crippen molar-refractivity contribution in [2.75, 3.05) is 7.11 Å². The number of hydrogen-bond donors (Lipinski definition) is 2. The second-order valence-electron chi connectivity index (χ2n) is 3.12. The van der Waals surface area contributed by atoms with Gasteiger partial charge in [-0.25, -0.2) is 13.6 Å². The van der Waals surface area contributed by atoms with Crippen molar-refractivity contribution in [1.82, 2.24) is 0 Å². The molecule has 1 aromatic carbocycles. The predicted octanol–water partition coefficient (Wildman–Crippen LogP) is -0.493. The molecular formula is C9H12N2O4S. The molecule has 1 rings (SSSR count). The summed E-state index contributed by atoms with van der Waals surface area (Å²) in [7, 11) is -2.60. The molecule has 0 bridgehead atoms. The third-order valence-electron chi connectivity index (χ3n) is 2.00. The first-order valence-corrected chi connectivity index (χ1v) is 5.87. The molecule has 6 nitrogen and oxygen atoms in total. The van der Waals surface area contributed by atoms with Crippen molar-refractivity contribution in [3.63, 3.8) is 0 Å². The van der Waals surface area contributed by atoms with Gasteiger partial charge in [-0.1, -0.05) is 12.1 Å². The zero-order valence-corrected chi connectivity index (χ0v) is 9.40. The quantitative estimate of drug-likeness (QED) is 0.696. The number of carbonyl (C=O) groups excluding carboxylic acids is 1. The van der Waals surface area contributed by atoms with Gasteiger partial charge in [-0.3, -0.25) is 4.79 Å². The molecule has 0 spiro atoms. The highest BCUT2D eigenvalue weighted by atomic mass is 32.2. The maximum absolute atomic E-state index is 11.1. The smallest absolute Gasteiger partial charge is 0.327 e. The van der Waals surface area contributed by atoms with Crippen molar-refractivity contribution < 1.29 is 17.9 Å². The van der Waals surface area contributed by atoms with Gasteiger partial charge in [0.25, 0.3) is 0 Å². The molecule has 0 saturated heterocycles. The van der Waals surface area contributed by atoms with Crippen LogP contribution in [0.15, 0.2) is 29.2 Å². The maximum atomic E-state index is 11.1. The van der Waals surface area contributed by atoms with Gasteiger partial charge in [0.05, 0.1) is 12.0 Å². The monoisotopic (exact) mass is 244 g/mol. The normalized spacial score (nSPS) is 13.2. The molecule has 1 atom stereocenters. The van der Waals surface area contributed by atoms with E-state index in [-0.39, 0.29) is 4.90 Å². The van der Waals surface area contributed by atoms with Crippen LogP contribution in [-0.4, -0.2) is 21.5 Å². The van der Waals surface area contributed by atoms with Crippen LogP contribution in [-0.2, 0) is 19.6 Å². The number of ether oxygens (including phenoxy) is 1. The van der Waals surface area contributed by atoms with E-state index in [1.165, 1.54) is 31.4 Å². The summed E-state index contributed by atoms with van der Waals surface area (Å²) in [6.07, 6.45) is 0. The predicted molar refractivity (Wildman–Crippen MR) is 56.8 cm³/mol. The molecule has 0 saturated carbocycles. The lowest BCUT2D eigenvalue weighted by Crippen LogP contribution is -2.23. The minimum atomic E-state index is -3.80. The Kier molecular flexibility index (Phi) is 3.63. The number of benzene rings is 1. The minimum absolute atomic E-state index is 0.0932. The van der Waals surface area contributed by atoms with Crippen molar-refractivity contribution in [3.05, 3.63) is 29.8 Å². The summed E-state index contributed by atoms with van der Waals surface area (Å²) < 4.78 is 26.6. The Morgan fingerprint density at radius 1 is 1.44 bits per heavy atom. The molecule has 1 aromatic rings. The average molecular weight is 244 g/mol. The molecule has 0 aliphatic carbocycles. The average Bonchev–Trinajstić information content (AvgIpc) is 2.26. The van der Waals surface area contributed by atoms with Crippen LogP contribution in [0.25, 0.3) is 0 Å². The van der Waals surface area contributed by atoms with E-state index in [0.717, 1.165) is 0 Å². The molecule has 0 aromatic heterocycles. The van der Waals surface area contributed by atoms with Crippen LogP contribution >= 0.6 is 0 Å². The summed E-state index contributed by atoms with van der Waals surface area (Å²) in [5.74, 6) is -0.647. The molecule has 0 amide bonds. The summed E-state index contributed by atoms with van der Waals surface area (Å²) in [4.78, 5) is 11.1. The van der Waals surface area contributed by atoms with Crippen LogP contribution in [0.4, 0.5) is 0 Å². The fourth-order valence-corrected chi connectivity index (χ4v) is 1.72. The van der Waals surface area contributed by atoms with Gasteiger partial charge in [0, 0.05) is 0 Å². The lowest BCUT2D eigenvalue weighted by Gasteiger charge is -2.10. The van der Waals surface area contributed by atoms with E-state index in [4.69, 9.17) is 10.9 Å². The number of methoxy groups -OCH3 is 1. The van der Waals surface area contributed by atoms with Crippen molar-refractivity contribution in [2.45, 2.75) is 10.9 Å². The maximum Gasteiger partial charge on any atom is 0.327 e. The van der Waals surface area contributed by atoms with E-state index >= 15 is 0 Å². The first-order chi connectivity index (χ1) is 7.36. The van der Waals surface area contributed by atoms with Gasteiger partial charge in [-0.15, -0.1) is 0 Å². The van der Waals surface area contributed by atoms with Crippen molar-refractivity contribution in [2.24, 2.45) is 10.9 Å². The largest absolute Gasteiger partial charge is 0.468 e. The Morgan fingerprint density at radius 3 is 2.56 bits per heavy atom. The number of esters is 1. The van der Waals surface area contributed by atoms with E-state index in [9.17, 15) is 13.2 Å². The lowest BCUT2D eigenvalue weighted by molar-refractivity contribution is -0.142. The molecule has 0 fully saturated rings. The fraction of sp³-hybridized carbons (Fsp3) is 0.222. The highest BCUT2D eigenvalue weighted by molar-refractivity contribution is 7.89. The van der Waals surface area contributed by atoms with Gasteiger partial charge < -0.3 is 10.5 Å². The summed E-state index contributed by atoms with van der Waals surface area (Å²) in [5, 5.41) is 4.95. The van der Waals surface area contributed by atoms with Crippen LogP contribution in [0.3, 0.4) is 0 Å². The van der Waals surface area contributed by atoms with Crippen LogP contribution in [0.5, 0.6) is 0 Å². The number of primary sulfonamides is 1. The zero-order chi connectivity index (χ0) is 12.3. The SMILES string of the molecule is COC(=O)C(N)c1cccc(S(N)(=O)=O)c1. The van der Waals surface area contributed by atoms with E-state index in [0.29, 0.717) is 5.56 Å². The van der Waals surface area contributed by atoms with Crippen LogP contribution in [0.2, 0.25) is 0 Å². The molecule has 0 heterocycles. The van der Waals surface area contributed by atoms with Gasteiger partial charge in [0.2, 0.25) is 10.0 Å². The first kappa shape index (κ1) is 12.6. The van der Waals surface area contributed by atoms with Crippen LogP contribution in [0, 0.1) is 0 Å². The second-order valence-corrected chi connectivity index (χ2v) is 4.68. The van der Waals surface area contributed by atoms with Crippen molar-refractivity contribution >= 4 is 16.0 Å². The van der Waals surface area contributed by atoms with Gasteiger partial charge in [0.15, 0.2) is 0 Å². The molecule has 0 aliphatic rings. The summed E-state index contributed by atoms with van der Waals surface area (Å²) in [6, 6.07) is 4.53. The number of nitrogens with two attached hydrogens (primary N) is 2. The summed E-state index contributed by atoms with van der Waals surface area (Å²) in [5.41, 5.74) is 5.88. The minimum Gasteiger partial charge on any atom is -0.468 e. The zero-order valence-electron chi connectivity index (χ0n) is 8.58. The van der Waals surface area contributed by atoms with E-state index in [1.54, 1.807) is 0 Å². The third-order valence-corrected chi connectivity index (χ3v) is 2.91. The molecule has 0 aliphatic heterocycles. The number of hydrogen-bond acceptors (Lipinski definition) is 5. The highest BCUT2D eigenvalue weighted by Gasteiger charge is 2.18. The van der Waals surface area contributed by atoms with E-state index in [1.807, 2.05) is 0 Å². The number of carbonyl (C=O) groups is 1. The van der Waals surface area contributed by atoms with Gasteiger partial charge in [0.1, 0.15) is 6.04 Å². The molecule has 0 radical (unpaired) electrons. The van der Waals surface area contributed by atoms with E-state index < -0.39 is 22.0 Å². The molecule has 4 N–H and O–H groups in total. The van der Waals surface area contributed by atoms with Gasteiger partial charge in [-0.2, -0.15) is 0 Å². The summed E-state index contributed by atoms with van der Waals surface area (Å²) >= 11 is 0. The number of sulfonamides is 1. The van der Waals surface area contributed by atoms with Crippen LogP contribution in [0.1, 0.15) is 11.6 Å². The summed E-state index contributed by atoms with van der Waals surface area (Å²) in [6.45, 7) is 0. The Balaban J connectivity index is 3.13. The molecule has 16 heavy (non-hydrogen) atoms. The number of rotatable bonds is 3. The van der Waals surface area contributed by atoms with Crippen LogP contribution < -0.4 is 10.9 Å². The molecule has 1 unspecified atom stereocenters. The Bertz CT molecular complexity index is 498. The van der Waals surface area contributed by atoms with Gasteiger partial charge in [-0.05, 0) is 17.7 Å². The fourth-order valence-electron chi connectivity index (χ4n) is 1.15. The molecule has 88 valence electrons. The van der Waals surface area contributed by atoms with Crippen molar-refractivity contribution in [1.29, 1.82) is 0 Å². The topological polar surface area (TPSA) is 112 Å². The lowest BCUT2D eigenvalue weighted by atomic mass is 10.1. The molecular weight excluding hydrogens is 232 g/mol. The van der Waals surface area contributed by atoms with Gasteiger partial charge >= 0.3 is 5.97 Å². The van der Waals surface area contributed by atoms with Crippen molar-refractivity contribution in [3.8, 4) is 0 Å². The Labute approximate surface area is 93.2 Å².